The number of carbonyl (C=O) groups is 1. The van der Waals surface area contributed by atoms with E-state index in [9.17, 15) is 4.79 Å². The second kappa shape index (κ2) is 9.28. The van der Waals surface area contributed by atoms with Gasteiger partial charge in [0, 0.05) is 23.7 Å². The summed E-state index contributed by atoms with van der Waals surface area (Å²) in [5.41, 5.74) is 1.29. The zero-order valence-electron chi connectivity index (χ0n) is 15.7. The van der Waals surface area contributed by atoms with E-state index >= 15 is 0 Å². The molecule has 3 rings (SSSR count). The molecule has 28 heavy (non-hydrogen) atoms. The van der Waals surface area contributed by atoms with E-state index in [1.165, 1.54) is 7.11 Å². The van der Waals surface area contributed by atoms with Crippen molar-refractivity contribution in [2.75, 3.05) is 27.4 Å². The van der Waals surface area contributed by atoms with Crippen LogP contribution in [0, 0.1) is 11.8 Å². The molecule has 1 heterocycles. The summed E-state index contributed by atoms with van der Waals surface area (Å²) in [7, 11) is 3.06. The number of pyridine rings is 1. The lowest BCUT2D eigenvalue weighted by molar-refractivity contribution is 0.0955. The van der Waals surface area contributed by atoms with Crippen molar-refractivity contribution in [3.05, 3.63) is 60.3 Å². The van der Waals surface area contributed by atoms with Gasteiger partial charge in [0.1, 0.15) is 23.9 Å². The molecule has 6 heteroatoms. The van der Waals surface area contributed by atoms with E-state index in [-0.39, 0.29) is 19.1 Å². The lowest BCUT2D eigenvalue weighted by Crippen LogP contribution is -2.24. The molecule has 0 saturated carbocycles. The van der Waals surface area contributed by atoms with Gasteiger partial charge in [-0.15, -0.1) is 0 Å². The molecule has 0 fully saturated rings. The summed E-state index contributed by atoms with van der Waals surface area (Å²) in [6.07, 6.45) is 1.74. The molecular weight excluding hydrogens is 356 g/mol. The molecule has 3 aromatic rings. The van der Waals surface area contributed by atoms with Crippen molar-refractivity contribution in [1.29, 1.82) is 0 Å². The Kier molecular flexibility index (Phi) is 6.32. The summed E-state index contributed by atoms with van der Waals surface area (Å²) in [6, 6.07) is 14.6. The highest BCUT2D eigenvalue weighted by Gasteiger charge is 2.12. The van der Waals surface area contributed by atoms with Crippen molar-refractivity contribution < 1.29 is 19.0 Å². The maximum Gasteiger partial charge on any atom is 0.255 e. The summed E-state index contributed by atoms with van der Waals surface area (Å²) >= 11 is 0. The van der Waals surface area contributed by atoms with Crippen LogP contribution in [0.15, 0.2) is 54.7 Å². The Morgan fingerprint density at radius 2 is 1.89 bits per heavy atom. The predicted molar refractivity (Wildman–Crippen MR) is 107 cm³/mol. The number of ether oxygens (including phenoxy) is 3. The molecule has 0 aliphatic rings. The number of hydrogen-bond donors (Lipinski definition) is 1. The minimum atomic E-state index is -0.268. The first kappa shape index (κ1) is 19.1. The fourth-order valence-corrected chi connectivity index (χ4v) is 2.57. The van der Waals surface area contributed by atoms with E-state index < -0.39 is 0 Å². The van der Waals surface area contributed by atoms with Gasteiger partial charge in [-0.1, -0.05) is 17.9 Å². The van der Waals surface area contributed by atoms with Crippen LogP contribution in [0.25, 0.3) is 10.9 Å². The topological polar surface area (TPSA) is 69.7 Å². The van der Waals surface area contributed by atoms with Gasteiger partial charge >= 0.3 is 0 Å². The van der Waals surface area contributed by atoms with Crippen molar-refractivity contribution in [3.8, 4) is 29.1 Å². The first-order valence-electron chi connectivity index (χ1n) is 8.65. The average molecular weight is 376 g/mol. The molecule has 0 saturated heterocycles. The largest absolute Gasteiger partial charge is 0.497 e. The molecule has 0 unspecified atom stereocenters. The molecule has 1 N–H and O–H groups in total. The Labute approximate surface area is 163 Å². The molecule has 6 nitrogen and oxygen atoms in total. The van der Waals surface area contributed by atoms with Gasteiger partial charge in [-0.3, -0.25) is 9.78 Å². The third kappa shape index (κ3) is 4.71. The Morgan fingerprint density at radius 3 is 2.71 bits per heavy atom. The van der Waals surface area contributed by atoms with Crippen molar-refractivity contribution in [1.82, 2.24) is 10.3 Å². The molecule has 0 aliphatic carbocycles. The van der Waals surface area contributed by atoms with Crippen LogP contribution in [0.4, 0.5) is 0 Å². The summed E-state index contributed by atoms with van der Waals surface area (Å²) in [5, 5.41) is 3.79. The van der Waals surface area contributed by atoms with Crippen molar-refractivity contribution >= 4 is 16.8 Å². The normalized spacial score (nSPS) is 9.93. The van der Waals surface area contributed by atoms with Crippen LogP contribution in [-0.4, -0.2) is 38.3 Å². The van der Waals surface area contributed by atoms with Gasteiger partial charge in [-0.05, 0) is 30.3 Å². The fourth-order valence-electron chi connectivity index (χ4n) is 2.57. The molecule has 2 aromatic carbocycles. The number of hydrogen-bond acceptors (Lipinski definition) is 5. The van der Waals surface area contributed by atoms with Crippen LogP contribution < -0.4 is 19.5 Å². The zero-order valence-corrected chi connectivity index (χ0v) is 15.7. The number of carbonyl (C=O) groups excluding carboxylic acids is 1. The number of amides is 1. The quantitative estimate of drug-likeness (QED) is 0.670. The van der Waals surface area contributed by atoms with E-state index in [0.29, 0.717) is 22.8 Å². The number of rotatable bonds is 6. The Morgan fingerprint density at radius 1 is 1.04 bits per heavy atom. The van der Waals surface area contributed by atoms with Crippen molar-refractivity contribution in [3.63, 3.8) is 0 Å². The van der Waals surface area contributed by atoms with Gasteiger partial charge in [-0.25, -0.2) is 0 Å². The molecule has 142 valence electrons. The first-order chi connectivity index (χ1) is 13.7. The molecule has 0 atom stereocenters. The van der Waals surface area contributed by atoms with Gasteiger partial charge in [0.2, 0.25) is 0 Å². The van der Waals surface area contributed by atoms with Gasteiger partial charge in [0.05, 0.1) is 31.8 Å². The SMILES string of the molecule is COc1ccc(C(=O)NCC#CCOc2ccc3cccnc3c2)c(OC)c1. The maximum atomic E-state index is 12.3. The Bertz CT molecular complexity index is 1040. The van der Waals surface area contributed by atoms with Crippen LogP contribution in [0.3, 0.4) is 0 Å². The molecule has 0 radical (unpaired) electrons. The summed E-state index contributed by atoms with van der Waals surface area (Å²) in [5.74, 6) is 7.24. The molecule has 0 bridgehead atoms. The highest BCUT2D eigenvalue weighted by Crippen LogP contribution is 2.24. The maximum absolute atomic E-state index is 12.3. The van der Waals surface area contributed by atoms with Crippen LogP contribution in [0.1, 0.15) is 10.4 Å². The molecule has 0 spiro atoms. The Balaban J connectivity index is 1.50. The number of nitrogens with zero attached hydrogens (tertiary/aromatic N) is 1. The molecule has 1 amide bonds. The second-order valence-electron chi connectivity index (χ2n) is 5.75. The van der Waals surface area contributed by atoms with Gasteiger partial charge < -0.3 is 19.5 Å². The monoisotopic (exact) mass is 376 g/mol. The fraction of sp³-hybridized carbons (Fsp3) is 0.182. The number of fused-ring (bicyclic) bond motifs is 1. The predicted octanol–water partition coefficient (Wildman–Crippen LogP) is 3.06. The zero-order chi connectivity index (χ0) is 19.8. The van der Waals surface area contributed by atoms with Crippen molar-refractivity contribution in [2.24, 2.45) is 0 Å². The highest BCUT2D eigenvalue weighted by atomic mass is 16.5. The third-order valence-corrected chi connectivity index (χ3v) is 4.00. The lowest BCUT2D eigenvalue weighted by atomic mass is 10.1. The lowest BCUT2D eigenvalue weighted by Gasteiger charge is -2.09. The van der Waals surface area contributed by atoms with Gasteiger partial charge in [0.15, 0.2) is 0 Å². The van der Waals surface area contributed by atoms with E-state index in [1.807, 2.05) is 30.3 Å². The standard InChI is InChI=1S/C22H20N2O4/c1-26-17-9-10-19(21(15-17)27-2)22(25)24-11-3-4-13-28-18-8-7-16-6-5-12-23-20(16)14-18/h5-10,12,14-15H,11,13H2,1-2H3,(H,24,25). The minimum Gasteiger partial charge on any atom is -0.497 e. The molecule has 1 aromatic heterocycles. The van der Waals surface area contributed by atoms with Crippen LogP contribution in [-0.2, 0) is 0 Å². The smallest absolute Gasteiger partial charge is 0.255 e. The third-order valence-electron chi connectivity index (χ3n) is 4.00. The average Bonchev–Trinajstić information content (AvgIpc) is 2.75. The second-order valence-corrected chi connectivity index (χ2v) is 5.75. The van der Waals surface area contributed by atoms with E-state index in [1.54, 1.807) is 31.5 Å². The van der Waals surface area contributed by atoms with Crippen molar-refractivity contribution in [2.45, 2.75) is 0 Å². The highest BCUT2D eigenvalue weighted by molar-refractivity contribution is 5.97. The summed E-state index contributed by atoms with van der Waals surface area (Å²) in [4.78, 5) is 16.6. The first-order valence-corrected chi connectivity index (χ1v) is 8.65. The minimum absolute atomic E-state index is 0.205. The number of aromatic nitrogens is 1. The van der Waals surface area contributed by atoms with Crippen LogP contribution >= 0.6 is 0 Å². The van der Waals surface area contributed by atoms with E-state index in [4.69, 9.17) is 14.2 Å². The van der Waals surface area contributed by atoms with E-state index in [0.717, 1.165) is 10.9 Å². The van der Waals surface area contributed by atoms with Crippen LogP contribution in [0.5, 0.6) is 17.2 Å². The summed E-state index contributed by atoms with van der Waals surface area (Å²) < 4.78 is 16.0. The Hall–Kier alpha value is -3.72. The van der Waals surface area contributed by atoms with Gasteiger partial charge in [-0.2, -0.15) is 0 Å². The number of nitrogens with one attached hydrogen (secondary N) is 1. The molecular formula is C22H20N2O4. The number of benzene rings is 2. The van der Waals surface area contributed by atoms with Crippen LogP contribution in [0.2, 0.25) is 0 Å². The molecule has 0 aliphatic heterocycles. The summed E-state index contributed by atoms with van der Waals surface area (Å²) in [6.45, 7) is 0.427. The van der Waals surface area contributed by atoms with E-state index in [2.05, 4.69) is 22.1 Å². The van der Waals surface area contributed by atoms with Gasteiger partial charge in [0.25, 0.3) is 5.91 Å². The number of methoxy groups -OCH3 is 2.